The minimum absolute atomic E-state index is 0.0990. The van der Waals surface area contributed by atoms with Crippen LogP contribution in [0.5, 0.6) is 5.75 Å². The molecule has 22 heavy (non-hydrogen) atoms. The predicted octanol–water partition coefficient (Wildman–Crippen LogP) is 2.51. The van der Waals surface area contributed by atoms with Gasteiger partial charge < -0.3 is 4.74 Å². The number of aromatic nitrogens is 2. The largest absolute Gasteiger partial charge is 0.488 e. The molecule has 0 saturated heterocycles. The first-order valence-electron chi connectivity index (χ1n) is 6.36. The van der Waals surface area contributed by atoms with E-state index in [2.05, 4.69) is 15.6 Å². The second kappa shape index (κ2) is 6.66. The molecule has 2 rings (SSSR count). The van der Waals surface area contributed by atoms with Gasteiger partial charge in [0.1, 0.15) is 18.2 Å². The summed E-state index contributed by atoms with van der Waals surface area (Å²) in [7, 11) is 1.48. The number of nitrogens with zero attached hydrogens (tertiary/aromatic N) is 3. The van der Waals surface area contributed by atoms with Gasteiger partial charge in [0.05, 0.1) is 5.56 Å². The van der Waals surface area contributed by atoms with Crippen molar-refractivity contribution in [2.24, 2.45) is 12.3 Å². The number of carbonyl (C=O) groups excluding carboxylic acids is 1. The summed E-state index contributed by atoms with van der Waals surface area (Å²) in [5, 5.41) is 8.71. The summed E-state index contributed by atoms with van der Waals surface area (Å²) >= 11 is 0. The summed E-state index contributed by atoms with van der Waals surface area (Å²) < 4.78 is 20.6. The molecule has 0 fully saturated rings. The molecule has 0 spiro atoms. The van der Waals surface area contributed by atoms with Crippen LogP contribution in [0.25, 0.3) is 0 Å². The van der Waals surface area contributed by atoms with Crippen LogP contribution in [-0.2, 0) is 13.7 Å². The van der Waals surface area contributed by atoms with Crippen molar-refractivity contribution in [3.63, 3.8) is 0 Å². The van der Waals surface area contributed by atoms with Crippen molar-refractivity contribution in [1.82, 2.24) is 15.2 Å². The summed E-state index contributed by atoms with van der Waals surface area (Å²) in [6.07, 6.45) is 0. The fraction of sp³-hybridized carbons (Fsp3) is 0.231. The molecule has 1 aromatic heterocycles. The van der Waals surface area contributed by atoms with Crippen molar-refractivity contribution in [3.05, 3.63) is 41.3 Å². The van der Waals surface area contributed by atoms with Crippen LogP contribution in [0.1, 0.15) is 11.1 Å². The van der Waals surface area contributed by atoms with Crippen LogP contribution in [0.15, 0.2) is 29.5 Å². The lowest BCUT2D eigenvalue weighted by Gasteiger charge is -2.10. The smallest absolute Gasteiger partial charge is 0.342 e. The van der Waals surface area contributed by atoms with Crippen molar-refractivity contribution in [1.29, 1.82) is 5.53 Å². The number of carbonyl (C=O) groups is 1. The maximum Gasteiger partial charge on any atom is 0.342 e. The monoisotopic (exact) mass is 306 g/mol. The molecule has 8 nitrogen and oxygen atoms in total. The third-order valence-electron chi connectivity index (χ3n) is 2.95. The molecule has 9 heteroatoms. The van der Waals surface area contributed by atoms with Crippen molar-refractivity contribution < 1.29 is 13.9 Å². The van der Waals surface area contributed by atoms with Gasteiger partial charge in [-0.3, -0.25) is 5.32 Å². The van der Waals surface area contributed by atoms with Crippen LogP contribution in [-0.4, -0.2) is 15.8 Å². The first kappa shape index (κ1) is 15.4. The zero-order chi connectivity index (χ0) is 16.1. The van der Waals surface area contributed by atoms with E-state index >= 15 is 0 Å². The Morgan fingerprint density at radius 3 is 2.91 bits per heavy atom. The van der Waals surface area contributed by atoms with Gasteiger partial charge in [-0.25, -0.2) is 14.9 Å². The minimum Gasteiger partial charge on any atom is -0.488 e. The second-order valence-corrected chi connectivity index (χ2v) is 4.47. The van der Waals surface area contributed by atoms with E-state index in [1.54, 1.807) is 6.07 Å². The van der Waals surface area contributed by atoms with Gasteiger partial charge >= 0.3 is 6.03 Å². The maximum absolute atomic E-state index is 13.9. The van der Waals surface area contributed by atoms with Gasteiger partial charge in [-0.1, -0.05) is 23.4 Å². The van der Waals surface area contributed by atoms with Gasteiger partial charge in [0.15, 0.2) is 0 Å². The summed E-state index contributed by atoms with van der Waals surface area (Å²) in [4.78, 5) is 11.4. The summed E-state index contributed by atoms with van der Waals surface area (Å²) in [5.41, 5.74) is 9.45. The van der Waals surface area contributed by atoms with E-state index in [1.807, 2.05) is 30.5 Å². The van der Waals surface area contributed by atoms with Crippen LogP contribution in [0, 0.1) is 18.4 Å². The van der Waals surface area contributed by atoms with Gasteiger partial charge in [-0.05, 0) is 18.6 Å². The third kappa shape index (κ3) is 3.37. The molecular weight excluding hydrogens is 291 g/mol. The summed E-state index contributed by atoms with van der Waals surface area (Å²) in [5.74, 6) is 0.00347. The molecule has 0 saturated carbocycles. The molecule has 116 valence electrons. The molecule has 0 unspecified atom stereocenters. The molecule has 0 bridgehead atoms. The SMILES string of the molecule is Cc1ccccc1OCc1c(F)nn(C)c1NC(=O)NN=N. The molecule has 2 amide bonds. The normalized spacial score (nSPS) is 10.1. The predicted molar refractivity (Wildman–Crippen MR) is 76.0 cm³/mol. The lowest BCUT2D eigenvalue weighted by Crippen LogP contribution is -2.25. The second-order valence-electron chi connectivity index (χ2n) is 4.47. The van der Waals surface area contributed by atoms with Crippen LogP contribution < -0.4 is 15.5 Å². The number of hydrogen-bond donors (Lipinski definition) is 3. The van der Waals surface area contributed by atoms with Crippen LogP contribution >= 0.6 is 0 Å². The first-order valence-corrected chi connectivity index (χ1v) is 6.36. The Kier molecular flexibility index (Phi) is 4.66. The Balaban J connectivity index is 2.18. The van der Waals surface area contributed by atoms with E-state index in [9.17, 15) is 9.18 Å². The van der Waals surface area contributed by atoms with Crippen molar-refractivity contribution in [2.75, 3.05) is 5.32 Å². The Labute approximate surface area is 125 Å². The Bertz CT molecular complexity index is 700. The summed E-state index contributed by atoms with van der Waals surface area (Å²) in [6, 6.07) is 6.55. The molecule has 0 aliphatic rings. The number of hydrogen-bond acceptors (Lipinski definition) is 5. The first-order chi connectivity index (χ1) is 10.5. The van der Waals surface area contributed by atoms with Crippen molar-refractivity contribution in [2.45, 2.75) is 13.5 Å². The number of rotatable bonds is 5. The number of para-hydroxylation sites is 1. The Morgan fingerprint density at radius 2 is 2.23 bits per heavy atom. The fourth-order valence-electron chi connectivity index (χ4n) is 1.87. The topological polar surface area (TPSA) is 104 Å². The number of halogens is 1. The highest BCUT2D eigenvalue weighted by atomic mass is 19.1. The quantitative estimate of drug-likeness (QED) is 0.584. The van der Waals surface area contributed by atoms with E-state index in [4.69, 9.17) is 10.3 Å². The molecule has 1 aromatic carbocycles. The molecular formula is C13H15FN6O2. The van der Waals surface area contributed by atoms with Gasteiger partial charge in [0, 0.05) is 7.05 Å². The summed E-state index contributed by atoms with van der Waals surface area (Å²) in [6.45, 7) is 1.77. The van der Waals surface area contributed by atoms with E-state index in [0.29, 0.717) is 5.75 Å². The Morgan fingerprint density at radius 1 is 1.50 bits per heavy atom. The molecule has 1 heterocycles. The zero-order valence-electron chi connectivity index (χ0n) is 12.1. The lowest BCUT2D eigenvalue weighted by atomic mass is 10.2. The zero-order valence-corrected chi connectivity index (χ0v) is 12.1. The van der Waals surface area contributed by atoms with E-state index < -0.39 is 12.0 Å². The van der Waals surface area contributed by atoms with Crippen LogP contribution in [0.3, 0.4) is 0 Å². The molecule has 3 N–H and O–H groups in total. The maximum atomic E-state index is 13.9. The standard InChI is InChI=1S/C13H15FN6O2/c1-8-5-3-4-6-10(8)22-7-9-11(14)18-20(2)12(9)16-13(21)17-19-15/h3-6H,7H2,1-2H3,(H3,15,16,17,21). The highest BCUT2D eigenvalue weighted by Crippen LogP contribution is 2.23. The highest BCUT2D eigenvalue weighted by Gasteiger charge is 2.19. The molecule has 0 radical (unpaired) electrons. The number of urea groups is 1. The van der Waals surface area contributed by atoms with E-state index in [1.165, 1.54) is 11.7 Å². The number of ether oxygens (including phenoxy) is 1. The molecule has 0 aliphatic carbocycles. The molecule has 0 atom stereocenters. The number of benzene rings is 1. The number of nitrogens with one attached hydrogen (secondary N) is 3. The van der Waals surface area contributed by atoms with Crippen LogP contribution in [0.4, 0.5) is 15.0 Å². The number of aryl methyl sites for hydroxylation is 2. The van der Waals surface area contributed by atoms with Gasteiger partial charge in [0.25, 0.3) is 0 Å². The number of amides is 2. The molecule has 2 aromatic rings. The third-order valence-corrected chi connectivity index (χ3v) is 2.95. The lowest BCUT2D eigenvalue weighted by molar-refractivity contribution is 0.251. The van der Waals surface area contributed by atoms with E-state index in [0.717, 1.165) is 5.56 Å². The van der Waals surface area contributed by atoms with Crippen molar-refractivity contribution in [3.8, 4) is 5.75 Å². The van der Waals surface area contributed by atoms with Crippen LogP contribution in [0.2, 0.25) is 0 Å². The van der Waals surface area contributed by atoms with Gasteiger partial charge in [-0.2, -0.15) is 9.92 Å². The van der Waals surface area contributed by atoms with Crippen molar-refractivity contribution >= 4 is 11.8 Å². The molecule has 0 aliphatic heterocycles. The Hall–Kier alpha value is -2.97. The fourth-order valence-corrected chi connectivity index (χ4v) is 1.87. The average molecular weight is 306 g/mol. The van der Waals surface area contributed by atoms with Gasteiger partial charge in [-0.15, -0.1) is 5.10 Å². The highest BCUT2D eigenvalue weighted by molar-refractivity contribution is 5.88. The average Bonchev–Trinajstić information content (AvgIpc) is 2.73. The number of anilines is 1. The minimum atomic E-state index is -0.768. The van der Waals surface area contributed by atoms with E-state index in [-0.39, 0.29) is 18.0 Å². The van der Waals surface area contributed by atoms with Gasteiger partial charge in [0.2, 0.25) is 5.95 Å².